The molecule has 3 aromatic rings. The Bertz CT molecular complexity index is 756. The number of nitrogens with zero attached hydrogens (tertiary/aromatic N) is 5. The lowest BCUT2D eigenvalue weighted by atomic mass is 10.1. The van der Waals surface area contributed by atoms with Crippen molar-refractivity contribution in [1.29, 1.82) is 0 Å². The molecule has 2 heterocycles. The Morgan fingerprint density at radius 1 is 1.14 bits per heavy atom. The van der Waals surface area contributed by atoms with Crippen LogP contribution in [0.25, 0.3) is 16.9 Å². The van der Waals surface area contributed by atoms with E-state index in [0.717, 1.165) is 16.7 Å². The van der Waals surface area contributed by atoms with Gasteiger partial charge in [-0.1, -0.05) is 17.3 Å². The molecule has 0 radical (unpaired) electrons. The van der Waals surface area contributed by atoms with E-state index in [1.165, 1.54) is 0 Å². The molecule has 108 valence electrons. The summed E-state index contributed by atoms with van der Waals surface area (Å²) >= 11 is 0. The highest BCUT2D eigenvalue weighted by Gasteiger charge is 2.11. The number of fused-ring (bicyclic) bond motifs is 1. The highest BCUT2D eigenvalue weighted by Crippen LogP contribution is 2.14. The molecular formula is C15H18N6. The van der Waals surface area contributed by atoms with Crippen molar-refractivity contribution in [3.05, 3.63) is 42.4 Å². The van der Waals surface area contributed by atoms with Crippen LogP contribution in [0, 0.1) is 0 Å². The van der Waals surface area contributed by atoms with Crippen molar-refractivity contribution in [3.8, 4) is 5.82 Å². The topological polar surface area (TPSA) is 68.5 Å². The smallest absolute Gasteiger partial charge is 0.174 e. The van der Waals surface area contributed by atoms with Gasteiger partial charge in [-0.05, 0) is 32.9 Å². The predicted octanol–water partition coefficient (Wildman–Crippen LogP) is 2.10. The fourth-order valence-electron chi connectivity index (χ4n) is 1.98. The first-order chi connectivity index (χ1) is 10.0. The molecule has 0 spiro atoms. The highest BCUT2D eigenvalue weighted by atomic mass is 15.4. The molecule has 1 aromatic carbocycles. The van der Waals surface area contributed by atoms with E-state index in [4.69, 9.17) is 0 Å². The molecule has 2 aromatic heterocycles. The number of hydrogen-bond donors (Lipinski definition) is 1. The number of aromatic nitrogens is 5. The quantitative estimate of drug-likeness (QED) is 0.796. The van der Waals surface area contributed by atoms with Crippen LogP contribution in [0.4, 0.5) is 0 Å². The third-order valence-corrected chi connectivity index (χ3v) is 3.04. The van der Waals surface area contributed by atoms with Crippen LogP contribution in [0.2, 0.25) is 0 Å². The zero-order valence-electron chi connectivity index (χ0n) is 12.4. The highest BCUT2D eigenvalue weighted by molar-refractivity contribution is 5.75. The first kappa shape index (κ1) is 13.6. The summed E-state index contributed by atoms with van der Waals surface area (Å²) in [6, 6.07) is 7.80. The van der Waals surface area contributed by atoms with Gasteiger partial charge < -0.3 is 5.32 Å². The van der Waals surface area contributed by atoms with Crippen LogP contribution >= 0.6 is 0 Å². The molecule has 0 amide bonds. The van der Waals surface area contributed by atoms with Gasteiger partial charge in [0.1, 0.15) is 5.52 Å². The minimum Gasteiger partial charge on any atom is -0.306 e. The lowest BCUT2D eigenvalue weighted by Crippen LogP contribution is -2.35. The third-order valence-electron chi connectivity index (χ3n) is 3.04. The molecule has 21 heavy (non-hydrogen) atoms. The maximum absolute atomic E-state index is 4.60. The Balaban J connectivity index is 1.92. The molecule has 6 heteroatoms. The Kier molecular flexibility index (Phi) is 3.39. The van der Waals surface area contributed by atoms with E-state index in [-0.39, 0.29) is 5.54 Å². The normalized spacial score (nSPS) is 12.0. The van der Waals surface area contributed by atoms with Gasteiger partial charge in [-0.25, -0.2) is 4.98 Å². The molecule has 0 aliphatic heterocycles. The standard InChI is InChI=1S/C15H18N6/c1-15(2,3)17-9-11-8-16-10-14(18-11)21-13-7-5-4-6-12(13)19-20-21/h4-8,10,17H,9H2,1-3H3. The zero-order valence-corrected chi connectivity index (χ0v) is 12.4. The van der Waals surface area contributed by atoms with Crippen molar-refractivity contribution < 1.29 is 0 Å². The molecule has 0 aliphatic carbocycles. The van der Waals surface area contributed by atoms with Gasteiger partial charge in [0.15, 0.2) is 5.82 Å². The van der Waals surface area contributed by atoms with Gasteiger partial charge in [0.05, 0.1) is 17.4 Å². The lowest BCUT2D eigenvalue weighted by molar-refractivity contribution is 0.420. The van der Waals surface area contributed by atoms with Gasteiger partial charge in [-0.15, -0.1) is 5.10 Å². The van der Waals surface area contributed by atoms with E-state index in [0.29, 0.717) is 12.4 Å². The molecule has 0 aliphatic rings. The fourth-order valence-corrected chi connectivity index (χ4v) is 1.98. The lowest BCUT2D eigenvalue weighted by Gasteiger charge is -2.20. The van der Waals surface area contributed by atoms with Crippen molar-refractivity contribution in [2.45, 2.75) is 32.9 Å². The zero-order chi connectivity index (χ0) is 14.9. The summed E-state index contributed by atoms with van der Waals surface area (Å²) in [5.41, 5.74) is 2.68. The maximum atomic E-state index is 4.60. The second-order valence-corrected chi connectivity index (χ2v) is 5.96. The number of para-hydroxylation sites is 1. The Morgan fingerprint density at radius 3 is 2.76 bits per heavy atom. The molecule has 1 N–H and O–H groups in total. The molecule has 0 fully saturated rings. The van der Waals surface area contributed by atoms with Gasteiger partial charge >= 0.3 is 0 Å². The largest absolute Gasteiger partial charge is 0.306 e. The maximum Gasteiger partial charge on any atom is 0.174 e. The molecular weight excluding hydrogens is 264 g/mol. The summed E-state index contributed by atoms with van der Waals surface area (Å²) in [6.45, 7) is 7.02. The first-order valence-corrected chi connectivity index (χ1v) is 6.90. The van der Waals surface area contributed by atoms with Crippen LogP contribution < -0.4 is 5.32 Å². The molecule has 0 saturated heterocycles. The van der Waals surface area contributed by atoms with E-state index in [2.05, 4.69) is 46.4 Å². The summed E-state index contributed by atoms with van der Waals surface area (Å²) in [4.78, 5) is 8.86. The SMILES string of the molecule is CC(C)(C)NCc1cncc(-n2nnc3ccccc32)n1. The van der Waals surface area contributed by atoms with Gasteiger partial charge in [0.25, 0.3) is 0 Å². The Hall–Kier alpha value is -2.34. The molecule has 0 saturated carbocycles. The molecule has 0 atom stereocenters. The second-order valence-electron chi connectivity index (χ2n) is 5.96. The van der Waals surface area contributed by atoms with E-state index >= 15 is 0 Å². The number of benzene rings is 1. The van der Waals surface area contributed by atoms with Crippen molar-refractivity contribution in [3.63, 3.8) is 0 Å². The molecule has 6 nitrogen and oxygen atoms in total. The molecule has 0 unspecified atom stereocenters. The average molecular weight is 282 g/mol. The third kappa shape index (κ3) is 3.05. The van der Waals surface area contributed by atoms with Gasteiger partial charge in [0.2, 0.25) is 0 Å². The average Bonchev–Trinajstić information content (AvgIpc) is 2.89. The summed E-state index contributed by atoms with van der Waals surface area (Å²) < 4.78 is 1.71. The van der Waals surface area contributed by atoms with Crippen molar-refractivity contribution in [2.75, 3.05) is 0 Å². The monoisotopic (exact) mass is 282 g/mol. The van der Waals surface area contributed by atoms with E-state index in [9.17, 15) is 0 Å². The van der Waals surface area contributed by atoms with Crippen LogP contribution in [0.1, 0.15) is 26.5 Å². The number of rotatable bonds is 3. The van der Waals surface area contributed by atoms with Crippen LogP contribution in [0.15, 0.2) is 36.7 Å². The van der Waals surface area contributed by atoms with Gasteiger partial charge in [-0.3, -0.25) is 4.98 Å². The number of nitrogens with one attached hydrogen (secondary N) is 1. The van der Waals surface area contributed by atoms with Crippen molar-refractivity contribution in [2.24, 2.45) is 0 Å². The minimum atomic E-state index is 0.0393. The summed E-state index contributed by atoms with van der Waals surface area (Å²) in [5, 5.41) is 11.7. The van der Waals surface area contributed by atoms with Gasteiger partial charge in [0, 0.05) is 18.3 Å². The summed E-state index contributed by atoms with van der Waals surface area (Å²) in [6.07, 6.45) is 3.46. The summed E-state index contributed by atoms with van der Waals surface area (Å²) in [5.74, 6) is 0.678. The Morgan fingerprint density at radius 2 is 1.95 bits per heavy atom. The van der Waals surface area contributed by atoms with Crippen LogP contribution in [0.5, 0.6) is 0 Å². The van der Waals surface area contributed by atoms with Crippen LogP contribution in [0.3, 0.4) is 0 Å². The van der Waals surface area contributed by atoms with E-state index in [1.807, 2.05) is 24.3 Å². The summed E-state index contributed by atoms with van der Waals surface area (Å²) in [7, 11) is 0. The Labute approximate surface area is 123 Å². The van der Waals surface area contributed by atoms with Gasteiger partial charge in [-0.2, -0.15) is 4.68 Å². The number of hydrogen-bond acceptors (Lipinski definition) is 5. The predicted molar refractivity (Wildman–Crippen MR) is 81.0 cm³/mol. The second kappa shape index (κ2) is 5.21. The van der Waals surface area contributed by atoms with Crippen molar-refractivity contribution in [1.82, 2.24) is 30.3 Å². The van der Waals surface area contributed by atoms with Crippen LogP contribution in [-0.2, 0) is 6.54 Å². The minimum absolute atomic E-state index is 0.0393. The van der Waals surface area contributed by atoms with E-state index in [1.54, 1.807) is 17.1 Å². The molecule has 3 rings (SSSR count). The van der Waals surface area contributed by atoms with E-state index < -0.39 is 0 Å². The fraction of sp³-hybridized carbons (Fsp3) is 0.333. The first-order valence-electron chi connectivity index (χ1n) is 6.90. The van der Waals surface area contributed by atoms with Crippen LogP contribution in [-0.4, -0.2) is 30.5 Å². The van der Waals surface area contributed by atoms with Crippen molar-refractivity contribution >= 4 is 11.0 Å². The molecule has 0 bridgehead atoms.